The van der Waals surface area contributed by atoms with Crippen molar-refractivity contribution in [3.8, 4) is 0 Å². The fraction of sp³-hybridized carbons (Fsp3) is 0.321. The molecule has 7 heteroatoms. The standard InChI is InChI=1S/C12H11O2P.C9H20O2.C7H6O2/c13-15(14,11-7-3-1-4-8-11)12-9-5-2-6-10-12;1-4-6-9(11)7(3)8(10)5-2;8-7(9)6-4-2-1-3-5-6/h1-10H,(H,13,14);7-11H,4-6H2,1-3H3;1-5H,(H,8,9). The summed E-state index contributed by atoms with van der Waals surface area (Å²) in [5.74, 6) is -0.865. The van der Waals surface area contributed by atoms with Crippen molar-refractivity contribution in [2.75, 3.05) is 0 Å². The number of rotatable bonds is 8. The molecule has 3 rings (SSSR count). The van der Waals surface area contributed by atoms with Crippen LogP contribution in [-0.4, -0.2) is 38.4 Å². The van der Waals surface area contributed by atoms with Crippen LogP contribution in [-0.2, 0) is 4.57 Å². The number of benzene rings is 3. The van der Waals surface area contributed by atoms with Gasteiger partial charge in [0.2, 0.25) is 0 Å². The topological polar surface area (TPSA) is 115 Å². The molecule has 0 aliphatic rings. The summed E-state index contributed by atoms with van der Waals surface area (Å²) in [6, 6.07) is 25.7. The van der Waals surface area contributed by atoms with Gasteiger partial charge in [0.15, 0.2) is 0 Å². The van der Waals surface area contributed by atoms with E-state index in [0.717, 1.165) is 19.3 Å². The van der Waals surface area contributed by atoms with Gasteiger partial charge in [0.25, 0.3) is 7.37 Å². The van der Waals surface area contributed by atoms with E-state index in [1.165, 1.54) is 0 Å². The maximum atomic E-state index is 12.2. The molecule has 0 saturated heterocycles. The molecule has 0 spiro atoms. The fourth-order valence-corrected chi connectivity index (χ4v) is 4.63. The van der Waals surface area contributed by atoms with E-state index in [9.17, 15) is 24.5 Å². The molecule has 0 heterocycles. The van der Waals surface area contributed by atoms with Gasteiger partial charge in [0, 0.05) is 16.5 Å². The van der Waals surface area contributed by atoms with E-state index < -0.39 is 13.3 Å². The van der Waals surface area contributed by atoms with E-state index in [4.69, 9.17) is 5.11 Å². The van der Waals surface area contributed by atoms with Crippen molar-refractivity contribution in [2.45, 2.75) is 52.2 Å². The third-order valence-corrected chi connectivity index (χ3v) is 7.45. The first-order chi connectivity index (χ1) is 16.6. The van der Waals surface area contributed by atoms with E-state index in [1.807, 2.05) is 32.9 Å². The summed E-state index contributed by atoms with van der Waals surface area (Å²) < 4.78 is 12.2. The highest BCUT2D eigenvalue weighted by Crippen LogP contribution is 2.37. The lowest BCUT2D eigenvalue weighted by Crippen LogP contribution is -2.28. The van der Waals surface area contributed by atoms with Crippen molar-refractivity contribution in [3.63, 3.8) is 0 Å². The summed E-state index contributed by atoms with van der Waals surface area (Å²) in [6.45, 7) is 5.86. The number of hydrogen-bond donors (Lipinski definition) is 4. The highest BCUT2D eigenvalue weighted by Gasteiger charge is 2.23. The number of aromatic carboxylic acids is 1. The summed E-state index contributed by atoms with van der Waals surface area (Å²) in [4.78, 5) is 20.2. The van der Waals surface area contributed by atoms with E-state index >= 15 is 0 Å². The Morgan fingerprint density at radius 1 is 0.771 bits per heavy atom. The molecule has 3 aromatic rings. The fourth-order valence-electron chi connectivity index (χ4n) is 3.18. The molecule has 35 heavy (non-hydrogen) atoms. The van der Waals surface area contributed by atoms with Crippen molar-refractivity contribution in [2.24, 2.45) is 5.92 Å². The van der Waals surface area contributed by atoms with Gasteiger partial charge in [-0.1, -0.05) is 81.8 Å². The third kappa shape index (κ3) is 10.6. The van der Waals surface area contributed by atoms with Gasteiger partial charge >= 0.3 is 5.97 Å². The van der Waals surface area contributed by atoms with Gasteiger partial charge in [-0.05, 0) is 49.2 Å². The molecule has 3 aromatic carbocycles. The first-order valence-electron chi connectivity index (χ1n) is 11.7. The maximum absolute atomic E-state index is 12.2. The van der Waals surface area contributed by atoms with E-state index in [1.54, 1.807) is 78.9 Å². The van der Waals surface area contributed by atoms with Gasteiger partial charge in [0.1, 0.15) is 0 Å². The molecule has 0 saturated carbocycles. The molecule has 4 N–H and O–H groups in total. The van der Waals surface area contributed by atoms with Crippen LogP contribution in [0.15, 0.2) is 91.0 Å². The van der Waals surface area contributed by atoms with Gasteiger partial charge in [-0.25, -0.2) is 4.79 Å². The zero-order valence-corrected chi connectivity index (χ0v) is 21.5. The predicted octanol–water partition coefficient (Wildman–Crippen LogP) is 4.85. The van der Waals surface area contributed by atoms with E-state index in [0.29, 0.717) is 16.2 Å². The van der Waals surface area contributed by atoms with E-state index in [2.05, 4.69) is 0 Å². The van der Waals surface area contributed by atoms with Gasteiger partial charge in [-0.2, -0.15) is 0 Å². The van der Waals surface area contributed by atoms with Crippen LogP contribution < -0.4 is 10.6 Å². The van der Waals surface area contributed by atoms with Crippen LogP contribution in [0, 0.1) is 5.92 Å². The second-order valence-corrected chi connectivity index (χ2v) is 10.3. The monoisotopic (exact) mass is 500 g/mol. The van der Waals surface area contributed by atoms with Gasteiger partial charge in [-0.15, -0.1) is 0 Å². The third-order valence-electron chi connectivity index (χ3n) is 5.45. The molecule has 0 radical (unpaired) electrons. The van der Waals surface area contributed by atoms with Crippen molar-refractivity contribution in [1.29, 1.82) is 0 Å². The van der Waals surface area contributed by atoms with Gasteiger partial charge in [-0.3, -0.25) is 4.57 Å². The average Bonchev–Trinajstić information content (AvgIpc) is 2.90. The van der Waals surface area contributed by atoms with Crippen molar-refractivity contribution < 1.29 is 29.6 Å². The lowest BCUT2D eigenvalue weighted by molar-refractivity contribution is 0.0159. The SMILES string of the molecule is CCCC(O)C(C)C(O)CC.O=C(O)c1ccccc1.O=P(O)(c1ccccc1)c1ccccc1. The zero-order chi connectivity index (χ0) is 26.3. The quantitative estimate of drug-likeness (QED) is 0.329. The van der Waals surface area contributed by atoms with Crippen molar-refractivity contribution in [3.05, 3.63) is 96.6 Å². The molecule has 3 unspecified atom stereocenters. The Morgan fingerprint density at radius 3 is 1.49 bits per heavy atom. The minimum absolute atomic E-state index is 0.0138. The Hall–Kier alpha value is -2.76. The number of carboxylic acid groups (broad SMARTS) is 1. The molecule has 0 aliphatic heterocycles. The Kier molecular flexibility index (Phi) is 13.8. The molecular weight excluding hydrogens is 463 g/mol. The molecule has 190 valence electrons. The number of carbonyl (C=O) groups is 1. The van der Waals surface area contributed by atoms with Crippen LogP contribution in [0.25, 0.3) is 0 Å². The second-order valence-electron chi connectivity index (χ2n) is 8.11. The summed E-state index contributed by atoms with van der Waals surface area (Å²) >= 11 is 0. The van der Waals surface area contributed by atoms with Crippen LogP contribution in [0.1, 0.15) is 50.4 Å². The summed E-state index contributed by atoms with van der Waals surface area (Å²) in [5, 5.41) is 28.1. The largest absolute Gasteiger partial charge is 0.478 e. The maximum Gasteiger partial charge on any atom is 0.335 e. The van der Waals surface area contributed by atoms with Crippen LogP contribution in [0.4, 0.5) is 0 Å². The van der Waals surface area contributed by atoms with Gasteiger partial charge < -0.3 is 20.2 Å². The number of aliphatic hydroxyl groups is 2. The summed E-state index contributed by atoms with van der Waals surface area (Å²) in [6.07, 6.45) is 1.80. The Labute approximate surface area is 208 Å². The van der Waals surface area contributed by atoms with Crippen LogP contribution in [0.5, 0.6) is 0 Å². The average molecular weight is 501 g/mol. The Balaban J connectivity index is 0.000000273. The summed E-state index contributed by atoms with van der Waals surface area (Å²) in [5.41, 5.74) is 0.331. The molecular formula is C28H37O6P. The van der Waals surface area contributed by atoms with Crippen LogP contribution in [0.2, 0.25) is 0 Å². The molecule has 0 fully saturated rings. The highest BCUT2D eigenvalue weighted by molar-refractivity contribution is 7.73. The van der Waals surface area contributed by atoms with Crippen LogP contribution in [0.3, 0.4) is 0 Å². The van der Waals surface area contributed by atoms with Crippen molar-refractivity contribution >= 4 is 23.9 Å². The highest BCUT2D eigenvalue weighted by atomic mass is 31.2. The lowest BCUT2D eigenvalue weighted by Gasteiger charge is -2.22. The number of aliphatic hydroxyl groups excluding tert-OH is 2. The Bertz CT molecular complexity index is 968. The molecule has 0 amide bonds. The first kappa shape index (κ1) is 30.3. The molecule has 0 bridgehead atoms. The summed E-state index contributed by atoms with van der Waals surface area (Å²) in [7, 11) is -3.40. The number of carboxylic acids is 1. The zero-order valence-electron chi connectivity index (χ0n) is 20.6. The minimum Gasteiger partial charge on any atom is -0.478 e. The van der Waals surface area contributed by atoms with Crippen LogP contribution >= 0.6 is 7.37 Å². The smallest absolute Gasteiger partial charge is 0.335 e. The van der Waals surface area contributed by atoms with Gasteiger partial charge in [0.05, 0.1) is 17.8 Å². The molecule has 3 atom stereocenters. The molecule has 0 aromatic heterocycles. The molecule has 0 aliphatic carbocycles. The first-order valence-corrected chi connectivity index (χ1v) is 13.4. The second kappa shape index (κ2) is 16.0. The number of hydrogen-bond acceptors (Lipinski definition) is 4. The van der Waals surface area contributed by atoms with E-state index in [-0.39, 0.29) is 18.1 Å². The predicted molar refractivity (Wildman–Crippen MR) is 142 cm³/mol. The lowest BCUT2D eigenvalue weighted by atomic mass is 9.94. The van der Waals surface area contributed by atoms with Crippen molar-refractivity contribution in [1.82, 2.24) is 0 Å². The minimum atomic E-state index is -3.40. The molecule has 6 nitrogen and oxygen atoms in total. The Morgan fingerprint density at radius 2 is 1.17 bits per heavy atom. The normalized spacial score (nSPS) is 13.2.